The van der Waals surface area contributed by atoms with E-state index in [1.807, 2.05) is 33.3 Å². The number of quaternary nitrogens is 1. The Labute approximate surface area is 559 Å². The molecule has 0 saturated carbocycles. The molecule has 0 spiro atoms. The van der Waals surface area contributed by atoms with Crippen LogP contribution in [-0.4, -0.2) is 69.4 Å². The van der Waals surface area contributed by atoms with E-state index in [4.69, 9.17) is 13.8 Å². The number of ether oxygens (including phenoxy) is 1. The lowest BCUT2D eigenvalue weighted by atomic mass is 10.0. The monoisotopic (exact) mass is 1280 g/mol. The number of hydrogen-bond acceptors (Lipinski definition) is 7. The van der Waals surface area contributed by atoms with Crippen molar-refractivity contribution < 1.29 is 37.3 Å². The Hall–Kier alpha value is -2.55. The van der Waals surface area contributed by atoms with E-state index >= 15 is 0 Å². The molecule has 0 aromatic heterocycles. The molecule has 0 aromatic carbocycles. The highest BCUT2D eigenvalue weighted by Crippen LogP contribution is 2.38. The van der Waals surface area contributed by atoms with Crippen LogP contribution < -0.4 is 10.2 Å². The maximum Gasteiger partial charge on any atom is 0.306 e. The summed E-state index contributed by atoms with van der Waals surface area (Å²) in [7, 11) is 1.19. The molecule has 0 bridgehead atoms. The second kappa shape index (κ2) is 69.3. The highest BCUT2D eigenvalue weighted by Gasteiger charge is 2.27. The first-order chi connectivity index (χ1) is 43.9. The summed E-state index contributed by atoms with van der Waals surface area (Å²) < 4.78 is 30.5. The lowest BCUT2D eigenvalue weighted by Crippen LogP contribution is -2.47. The third kappa shape index (κ3) is 69.8. The molecule has 0 aliphatic heterocycles. The van der Waals surface area contributed by atoms with Crippen LogP contribution in [0.25, 0.3) is 0 Å². The van der Waals surface area contributed by atoms with Crippen LogP contribution >= 0.6 is 7.82 Å². The molecule has 0 fully saturated rings. The van der Waals surface area contributed by atoms with Gasteiger partial charge in [-0.2, -0.15) is 0 Å². The minimum Gasteiger partial charge on any atom is -0.756 e. The number of phosphoric ester groups is 1. The number of esters is 1. The van der Waals surface area contributed by atoms with Gasteiger partial charge < -0.3 is 28.5 Å². The summed E-state index contributed by atoms with van der Waals surface area (Å²) >= 11 is 0. The zero-order chi connectivity index (χ0) is 65.6. The number of amides is 1. The molecule has 1 N–H and O–H groups in total. The molecule has 0 saturated heterocycles. The Morgan fingerprint density at radius 3 is 1.03 bits per heavy atom. The second-order valence-corrected chi connectivity index (χ2v) is 28.9. The van der Waals surface area contributed by atoms with Crippen molar-refractivity contribution in [3.05, 3.63) is 72.9 Å². The Morgan fingerprint density at radius 2 is 0.678 bits per heavy atom. The summed E-state index contributed by atoms with van der Waals surface area (Å²) in [5, 5.41) is 3.05. The Morgan fingerprint density at radius 1 is 0.389 bits per heavy atom. The van der Waals surface area contributed by atoms with Gasteiger partial charge in [0.1, 0.15) is 19.3 Å². The number of carbonyl (C=O) groups is 2. The van der Waals surface area contributed by atoms with Crippen molar-refractivity contribution in [2.45, 2.75) is 386 Å². The van der Waals surface area contributed by atoms with Crippen molar-refractivity contribution in [1.82, 2.24) is 5.32 Å². The maximum atomic E-state index is 13.6. The van der Waals surface area contributed by atoms with Crippen molar-refractivity contribution >= 4 is 19.7 Å². The fourth-order valence-corrected chi connectivity index (χ4v) is 12.1. The van der Waals surface area contributed by atoms with Crippen LogP contribution in [0.15, 0.2) is 72.9 Å². The molecule has 3 unspecified atom stereocenters. The van der Waals surface area contributed by atoms with Crippen LogP contribution in [0, 0.1) is 0 Å². The lowest BCUT2D eigenvalue weighted by Gasteiger charge is -2.30. The minimum absolute atomic E-state index is 0.0226. The number of carbonyl (C=O) groups excluding carboxylic acids is 2. The first kappa shape index (κ1) is 87.5. The van der Waals surface area contributed by atoms with Gasteiger partial charge in [0.05, 0.1) is 33.8 Å². The van der Waals surface area contributed by atoms with Crippen molar-refractivity contribution in [3.63, 3.8) is 0 Å². The third-order valence-corrected chi connectivity index (χ3v) is 18.3. The Balaban J connectivity index is 4.94. The van der Waals surface area contributed by atoms with Crippen molar-refractivity contribution in [3.8, 4) is 0 Å². The maximum absolute atomic E-state index is 13.6. The molecule has 10 heteroatoms. The van der Waals surface area contributed by atoms with E-state index in [1.165, 1.54) is 263 Å². The van der Waals surface area contributed by atoms with E-state index in [9.17, 15) is 19.0 Å². The van der Waals surface area contributed by atoms with Gasteiger partial charge >= 0.3 is 5.97 Å². The lowest BCUT2D eigenvalue weighted by molar-refractivity contribution is -0.870. The topological polar surface area (TPSA) is 114 Å². The predicted molar refractivity (Wildman–Crippen MR) is 390 cm³/mol. The molecule has 0 aliphatic carbocycles. The van der Waals surface area contributed by atoms with Gasteiger partial charge in [0.15, 0.2) is 0 Å². The molecule has 526 valence electrons. The van der Waals surface area contributed by atoms with Gasteiger partial charge in [-0.15, -0.1) is 0 Å². The molecule has 9 nitrogen and oxygen atoms in total. The van der Waals surface area contributed by atoms with Crippen LogP contribution in [0.3, 0.4) is 0 Å². The van der Waals surface area contributed by atoms with Gasteiger partial charge in [-0.05, 0) is 102 Å². The summed E-state index contributed by atoms with van der Waals surface area (Å²) in [6.07, 6.45) is 91.8. The van der Waals surface area contributed by atoms with Crippen LogP contribution in [0.5, 0.6) is 0 Å². The number of unbranched alkanes of at least 4 members (excludes halogenated alkanes) is 45. The van der Waals surface area contributed by atoms with Gasteiger partial charge in [0.25, 0.3) is 7.82 Å². The van der Waals surface area contributed by atoms with Gasteiger partial charge in [-0.1, -0.05) is 332 Å². The SMILES string of the molecule is CCCCC/C=C\C/C=C\C/C=C\CCCCCCCCCCCCCCC(=O)NC(COP(=O)([O-])OCC[N+](C)(C)C)C(/C=C/CCCCCCCCCCCC)OC(=O)CCCCCCCCCCCCCCCCCCC/C=C\C/C=C\CCCCC. The fourth-order valence-electron chi connectivity index (χ4n) is 11.4. The summed E-state index contributed by atoms with van der Waals surface area (Å²) in [5.74, 6) is -0.528. The first-order valence-corrected chi connectivity index (χ1v) is 40.2. The van der Waals surface area contributed by atoms with E-state index in [0.29, 0.717) is 17.4 Å². The second-order valence-electron chi connectivity index (χ2n) is 27.5. The predicted octanol–water partition coefficient (Wildman–Crippen LogP) is 24.4. The smallest absolute Gasteiger partial charge is 0.306 e. The van der Waals surface area contributed by atoms with E-state index in [0.717, 1.165) is 77.0 Å². The number of nitrogens with one attached hydrogen (secondary N) is 1. The Kier molecular flexibility index (Phi) is 67.3. The summed E-state index contributed by atoms with van der Waals surface area (Å²) in [5.41, 5.74) is 0. The summed E-state index contributed by atoms with van der Waals surface area (Å²) in [6, 6.07) is -0.892. The van der Waals surface area contributed by atoms with Crippen molar-refractivity contribution in [2.24, 2.45) is 0 Å². The highest BCUT2D eigenvalue weighted by atomic mass is 31.2. The van der Waals surface area contributed by atoms with Gasteiger partial charge in [0.2, 0.25) is 5.91 Å². The third-order valence-electron chi connectivity index (χ3n) is 17.4. The normalized spacial score (nSPS) is 13.8. The zero-order valence-electron chi connectivity index (χ0n) is 60.3. The quantitative estimate of drug-likeness (QED) is 0.0212. The minimum atomic E-state index is -4.71. The molecule has 0 rings (SSSR count). The van der Waals surface area contributed by atoms with E-state index < -0.39 is 20.0 Å². The van der Waals surface area contributed by atoms with Crippen LogP contribution in [0.2, 0.25) is 0 Å². The van der Waals surface area contributed by atoms with E-state index in [-0.39, 0.29) is 31.5 Å². The molecule has 0 radical (unpaired) electrons. The number of rotatable bonds is 71. The van der Waals surface area contributed by atoms with Gasteiger partial charge in [-0.25, -0.2) is 0 Å². The average Bonchev–Trinajstić information content (AvgIpc) is 3.11. The standard InChI is InChI=1S/C80H149N2O7P/c1-7-10-13-16-19-22-25-28-30-32-34-36-38-40-41-43-45-47-49-51-53-55-58-61-64-67-70-73-80(84)89-78(71-68-65-62-59-56-27-24-21-18-15-12-9-3)77(76-88-90(85,86)87-75-74-82(4,5)6)81-79(83)72-69-66-63-60-57-54-52-50-48-46-44-42-39-37-35-33-31-29-26-23-20-17-14-11-8-2/h19-20,22-23,28-31,35,37,68,71,77-78H,7-18,21,24-27,32-34,36,38-67,69-70,72-76H2,1-6H3,(H-,81,83,85,86)/b22-19-,23-20-,30-28-,31-29-,37-35-,71-68+. The molecule has 0 heterocycles. The van der Waals surface area contributed by atoms with Gasteiger partial charge in [-0.3, -0.25) is 14.2 Å². The molecular formula is C80H149N2O7P. The number of phosphoric acid groups is 1. The first-order valence-electron chi connectivity index (χ1n) is 38.7. The average molecular weight is 1280 g/mol. The number of hydrogen-bond donors (Lipinski definition) is 1. The largest absolute Gasteiger partial charge is 0.756 e. The molecular weight excluding hydrogens is 1130 g/mol. The number of likely N-dealkylation sites (N-methyl/N-ethyl adjacent to an activating group) is 1. The van der Waals surface area contributed by atoms with Crippen LogP contribution in [0.4, 0.5) is 0 Å². The van der Waals surface area contributed by atoms with E-state index in [1.54, 1.807) is 0 Å². The summed E-state index contributed by atoms with van der Waals surface area (Å²) in [6.45, 7) is 6.84. The summed E-state index contributed by atoms with van der Waals surface area (Å²) in [4.78, 5) is 40.3. The Bertz CT molecular complexity index is 1770. The van der Waals surface area contributed by atoms with Crippen LogP contribution in [0.1, 0.15) is 374 Å². The molecule has 90 heavy (non-hydrogen) atoms. The fraction of sp³-hybridized carbons (Fsp3) is 0.825. The molecule has 0 aliphatic rings. The van der Waals surface area contributed by atoms with Crippen LogP contribution in [-0.2, 0) is 27.9 Å². The number of allylic oxidation sites excluding steroid dienone is 11. The number of nitrogens with zero attached hydrogens (tertiary/aromatic N) is 1. The van der Waals surface area contributed by atoms with Gasteiger partial charge in [0, 0.05) is 12.8 Å². The highest BCUT2D eigenvalue weighted by molar-refractivity contribution is 7.45. The van der Waals surface area contributed by atoms with Crippen molar-refractivity contribution in [1.29, 1.82) is 0 Å². The molecule has 3 atom stereocenters. The van der Waals surface area contributed by atoms with Crippen molar-refractivity contribution in [2.75, 3.05) is 40.9 Å². The molecule has 0 aromatic rings. The zero-order valence-corrected chi connectivity index (χ0v) is 61.2. The van der Waals surface area contributed by atoms with E-state index in [2.05, 4.69) is 86.8 Å². The molecule has 1 amide bonds.